The molecule has 0 aliphatic rings. The smallest absolute Gasteiger partial charge is 0.243 e. The molecule has 37 heavy (non-hydrogen) atoms. The van der Waals surface area contributed by atoms with E-state index in [9.17, 15) is 19.2 Å². The number of hydrogen-bond acceptors (Lipinski definition) is 7. The Morgan fingerprint density at radius 3 is 2.16 bits per heavy atom. The number of rotatable bonds is 16. The van der Waals surface area contributed by atoms with Gasteiger partial charge in [0.2, 0.25) is 23.6 Å². The van der Waals surface area contributed by atoms with Crippen molar-refractivity contribution in [2.24, 2.45) is 0 Å². The SMILES string of the molecule is CC[C@H](NC(C)=O)C(=O)N[C@H](CC)C(=O)N[C@@H](Cc1nc2ccccc2[nH]1)C(=O)NCCOCCOC. The molecule has 1 aromatic heterocycles. The van der Waals surface area contributed by atoms with E-state index in [0.717, 1.165) is 11.0 Å². The first-order valence-electron chi connectivity index (χ1n) is 12.4. The quantitative estimate of drug-likeness (QED) is 0.198. The fraction of sp³-hybridized carbons (Fsp3) is 0.560. The molecule has 1 heterocycles. The number of hydrogen-bond donors (Lipinski definition) is 5. The highest BCUT2D eigenvalue weighted by atomic mass is 16.5. The highest BCUT2D eigenvalue weighted by molar-refractivity contribution is 5.94. The summed E-state index contributed by atoms with van der Waals surface area (Å²) in [5, 5.41) is 10.8. The molecule has 12 heteroatoms. The van der Waals surface area contributed by atoms with Gasteiger partial charge >= 0.3 is 0 Å². The molecule has 3 atom stereocenters. The van der Waals surface area contributed by atoms with Crippen LogP contribution in [0.2, 0.25) is 0 Å². The van der Waals surface area contributed by atoms with E-state index < -0.39 is 35.8 Å². The molecule has 0 radical (unpaired) electrons. The van der Waals surface area contributed by atoms with Crippen molar-refractivity contribution in [3.8, 4) is 0 Å². The molecular weight excluding hydrogens is 480 g/mol. The lowest BCUT2D eigenvalue weighted by atomic mass is 10.1. The van der Waals surface area contributed by atoms with E-state index in [1.807, 2.05) is 24.3 Å². The van der Waals surface area contributed by atoms with E-state index in [1.165, 1.54) is 6.92 Å². The zero-order valence-electron chi connectivity index (χ0n) is 21.9. The minimum atomic E-state index is -0.949. The molecule has 0 bridgehead atoms. The van der Waals surface area contributed by atoms with E-state index in [4.69, 9.17) is 9.47 Å². The molecule has 0 aliphatic heterocycles. The van der Waals surface area contributed by atoms with Gasteiger partial charge in [0.1, 0.15) is 23.9 Å². The summed E-state index contributed by atoms with van der Waals surface area (Å²) in [4.78, 5) is 57.8. The van der Waals surface area contributed by atoms with Gasteiger partial charge in [0, 0.05) is 27.0 Å². The first-order chi connectivity index (χ1) is 17.8. The number of aromatic amines is 1. The van der Waals surface area contributed by atoms with Gasteiger partial charge < -0.3 is 35.7 Å². The summed E-state index contributed by atoms with van der Waals surface area (Å²) >= 11 is 0. The maximum atomic E-state index is 13.1. The monoisotopic (exact) mass is 518 g/mol. The lowest BCUT2D eigenvalue weighted by Gasteiger charge is -2.24. The van der Waals surface area contributed by atoms with Gasteiger partial charge in [-0.1, -0.05) is 26.0 Å². The standard InChI is InChI=1S/C25H38N6O6/c1-5-17(27-16(3)32)24(34)30-18(6-2)25(35)31-21(23(33)26-11-12-37-14-13-36-4)15-22-28-19-9-7-8-10-20(19)29-22/h7-10,17-18,21H,5-6,11-15H2,1-4H3,(H,26,33)(H,27,32)(H,28,29)(H,30,34)(H,31,35)/t17-,18+,21-/m0/s1. The summed E-state index contributed by atoms with van der Waals surface area (Å²) in [6.45, 7) is 6.21. The van der Waals surface area contributed by atoms with Crippen LogP contribution in [0.25, 0.3) is 11.0 Å². The zero-order valence-corrected chi connectivity index (χ0v) is 21.9. The summed E-state index contributed by atoms with van der Waals surface area (Å²) < 4.78 is 10.3. The number of nitrogens with zero attached hydrogens (tertiary/aromatic N) is 1. The maximum Gasteiger partial charge on any atom is 0.243 e. The van der Waals surface area contributed by atoms with E-state index in [1.54, 1.807) is 21.0 Å². The van der Waals surface area contributed by atoms with Crippen LogP contribution in [-0.4, -0.2) is 85.2 Å². The zero-order chi connectivity index (χ0) is 27.2. The van der Waals surface area contributed by atoms with Gasteiger partial charge in [-0.15, -0.1) is 0 Å². The van der Waals surface area contributed by atoms with Crippen molar-refractivity contribution in [2.75, 3.05) is 33.5 Å². The van der Waals surface area contributed by atoms with Gasteiger partial charge in [0.05, 0.1) is 30.9 Å². The molecule has 0 fully saturated rings. The van der Waals surface area contributed by atoms with Crippen molar-refractivity contribution in [1.29, 1.82) is 0 Å². The maximum absolute atomic E-state index is 13.1. The van der Waals surface area contributed by atoms with Crippen molar-refractivity contribution in [2.45, 2.75) is 58.2 Å². The predicted octanol–water partition coefficient (Wildman–Crippen LogP) is 0.179. The average molecular weight is 519 g/mol. The van der Waals surface area contributed by atoms with Gasteiger partial charge in [0.15, 0.2) is 0 Å². The number of carbonyl (C=O) groups is 4. The molecule has 2 rings (SSSR count). The molecule has 0 saturated heterocycles. The van der Waals surface area contributed by atoms with Crippen LogP contribution in [0.15, 0.2) is 24.3 Å². The Morgan fingerprint density at radius 1 is 0.892 bits per heavy atom. The normalized spacial score (nSPS) is 13.4. The number of nitrogens with one attached hydrogen (secondary N) is 5. The number of methoxy groups -OCH3 is 1. The minimum absolute atomic E-state index is 0.116. The molecule has 12 nitrogen and oxygen atoms in total. The number of aromatic nitrogens is 2. The first-order valence-corrected chi connectivity index (χ1v) is 12.4. The minimum Gasteiger partial charge on any atom is -0.382 e. The summed E-state index contributed by atoms with van der Waals surface area (Å²) in [5.74, 6) is -1.19. The summed E-state index contributed by atoms with van der Waals surface area (Å²) in [6.07, 6.45) is 0.776. The number of ether oxygens (including phenoxy) is 2. The van der Waals surface area contributed by atoms with Crippen LogP contribution < -0.4 is 21.3 Å². The number of benzene rings is 1. The van der Waals surface area contributed by atoms with E-state index in [-0.39, 0.29) is 25.5 Å². The van der Waals surface area contributed by atoms with Crippen molar-refractivity contribution in [3.05, 3.63) is 30.1 Å². The Kier molecular flexibility index (Phi) is 12.5. The number of H-pyrrole nitrogens is 1. The molecular formula is C25H38N6O6. The second kappa shape index (κ2) is 15.6. The molecule has 204 valence electrons. The molecule has 2 aromatic rings. The van der Waals surface area contributed by atoms with E-state index >= 15 is 0 Å². The van der Waals surface area contributed by atoms with Crippen LogP contribution in [0.5, 0.6) is 0 Å². The lowest BCUT2D eigenvalue weighted by molar-refractivity contribution is -0.133. The fourth-order valence-electron chi connectivity index (χ4n) is 3.61. The molecule has 0 spiro atoms. The number of fused-ring (bicyclic) bond motifs is 1. The third-order valence-corrected chi connectivity index (χ3v) is 5.59. The van der Waals surface area contributed by atoms with Crippen LogP contribution >= 0.6 is 0 Å². The van der Waals surface area contributed by atoms with Crippen LogP contribution in [0, 0.1) is 0 Å². The van der Waals surface area contributed by atoms with Gasteiger partial charge in [-0.05, 0) is 25.0 Å². The number of carbonyl (C=O) groups excluding carboxylic acids is 4. The molecule has 4 amide bonds. The van der Waals surface area contributed by atoms with Crippen molar-refractivity contribution in [3.63, 3.8) is 0 Å². The fourth-order valence-corrected chi connectivity index (χ4v) is 3.61. The molecule has 0 aliphatic carbocycles. The number of amides is 4. The van der Waals surface area contributed by atoms with E-state index in [0.29, 0.717) is 31.9 Å². The molecule has 5 N–H and O–H groups in total. The highest BCUT2D eigenvalue weighted by Gasteiger charge is 2.28. The van der Waals surface area contributed by atoms with E-state index in [2.05, 4.69) is 31.2 Å². The van der Waals surface area contributed by atoms with Crippen LogP contribution in [0.3, 0.4) is 0 Å². The Labute approximate surface area is 216 Å². The first kappa shape index (κ1) is 29.7. The largest absolute Gasteiger partial charge is 0.382 e. The Morgan fingerprint density at radius 2 is 1.54 bits per heavy atom. The Hall–Kier alpha value is -3.51. The number of para-hydroxylation sites is 2. The Bertz CT molecular complexity index is 1010. The van der Waals surface area contributed by atoms with Crippen LogP contribution in [0.1, 0.15) is 39.4 Å². The third kappa shape index (κ3) is 9.81. The molecule has 1 aromatic carbocycles. The summed E-state index contributed by atoms with van der Waals surface area (Å²) in [6, 6.07) is 4.86. The van der Waals surface area contributed by atoms with Crippen LogP contribution in [0.4, 0.5) is 0 Å². The van der Waals surface area contributed by atoms with Gasteiger partial charge in [0.25, 0.3) is 0 Å². The highest BCUT2D eigenvalue weighted by Crippen LogP contribution is 2.12. The summed E-state index contributed by atoms with van der Waals surface area (Å²) in [5.41, 5.74) is 1.56. The second-order valence-electron chi connectivity index (χ2n) is 8.49. The topological polar surface area (TPSA) is 164 Å². The van der Waals surface area contributed by atoms with Crippen molar-refractivity contribution >= 4 is 34.7 Å². The predicted molar refractivity (Wildman–Crippen MR) is 138 cm³/mol. The molecule has 0 unspecified atom stereocenters. The Balaban J connectivity index is 2.09. The van der Waals surface area contributed by atoms with Crippen molar-refractivity contribution < 1.29 is 28.7 Å². The second-order valence-corrected chi connectivity index (χ2v) is 8.49. The van der Waals surface area contributed by atoms with Gasteiger partial charge in [-0.2, -0.15) is 0 Å². The third-order valence-electron chi connectivity index (χ3n) is 5.59. The van der Waals surface area contributed by atoms with Crippen LogP contribution in [-0.2, 0) is 35.1 Å². The average Bonchev–Trinajstić information content (AvgIpc) is 3.29. The number of imidazole rings is 1. The summed E-state index contributed by atoms with van der Waals surface area (Å²) in [7, 11) is 1.57. The lowest BCUT2D eigenvalue weighted by Crippen LogP contribution is -2.57. The van der Waals surface area contributed by atoms with Crippen molar-refractivity contribution in [1.82, 2.24) is 31.2 Å². The van der Waals surface area contributed by atoms with Gasteiger partial charge in [-0.3, -0.25) is 19.2 Å². The van der Waals surface area contributed by atoms with Gasteiger partial charge in [-0.25, -0.2) is 4.98 Å². The molecule has 0 saturated carbocycles.